The number of benzene rings is 1. The van der Waals surface area contributed by atoms with E-state index < -0.39 is 0 Å². The summed E-state index contributed by atoms with van der Waals surface area (Å²) >= 11 is 0. The minimum atomic E-state index is 0.250. The fourth-order valence-electron chi connectivity index (χ4n) is 1.34. The van der Waals surface area contributed by atoms with E-state index >= 15 is 0 Å². The van der Waals surface area contributed by atoms with E-state index in [1.54, 1.807) is 6.92 Å². The van der Waals surface area contributed by atoms with Crippen LogP contribution in [0.2, 0.25) is 0 Å². The molecule has 0 fully saturated rings. The van der Waals surface area contributed by atoms with Gasteiger partial charge < -0.3 is 4.79 Å². The molecule has 1 nitrogen and oxygen atoms in total. The maximum Gasteiger partial charge on any atom is 0.130 e. The van der Waals surface area contributed by atoms with E-state index in [1.807, 2.05) is 24.3 Å². The van der Waals surface area contributed by atoms with Gasteiger partial charge in [-0.3, -0.25) is 0 Å². The van der Waals surface area contributed by atoms with Gasteiger partial charge in [0.15, 0.2) is 0 Å². The lowest BCUT2D eigenvalue weighted by molar-refractivity contribution is -0.116. The Hall–Kier alpha value is -1.63. The Morgan fingerprint density at radius 3 is 2.44 bits per heavy atom. The van der Waals surface area contributed by atoms with Crippen LogP contribution in [0.15, 0.2) is 48.1 Å². The normalized spacial score (nSPS) is 12.0. The number of rotatable bonds is 5. The zero-order valence-electron chi connectivity index (χ0n) is 9.94. The second-order valence-corrected chi connectivity index (χ2v) is 3.98. The van der Waals surface area contributed by atoms with Gasteiger partial charge in [0, 0.05) is 6.42 Å². The molecule has 1 heteroatoms. The van der Waals surface area contributed by atoms with Crippen LogP contribution in [0.4, 0.5) is 0 Å². The molecular weight excluding hydrogens is 196 g/mol. The van der Waals surface area contributed by atoms with E-state index in [-0.39, 0.29) is 5.78 Å². The molecule has 0 aliphatic rings. The Bertz CT molecular complexity index is 385. The molecule has 0 bridgehead atoms. The maximum atomic E-state index is 10.8. The molecule has 0 saturated carbocycles. The van der Waals surface area contributed by atoms with Crippen molar-refractivity contribution in [2.45, 2.75) is 26.7 Å². The molecule has 0 aliphatic carbocycles. The van der Waals surface area contributed by atoms with Crippen LogP contribution in [0.25, 0.3) is 6.08 Å². The Morgan fingerprint density at radius 1 is 1.12 bits per heavy atom. The van der Waals surface area contributed by atoms with Crippen LogP contribution in [-0.2, 0) is 4.79 Å². The summed E-state index contributed by atoms with van der Waals surface area (Å²) in [6.45, 7) is 3.69. The molecule has 1 rings (SSSR count). The van der Waals surface area contributed by atoms with E-state index in [2.05, 4.69) is 31.2 Å². The minimum absolute atomic E-state index is 0.250. The molecule has 0 spiro atoms. The largest absolute Gasteiger partial charge is 0.300 e. The number of carbonyl (C=O) groups excluding carboxylic acids is 1. The van der Waals surface area contributed by atoms with Crippen LogP contribution in [0.1, 0.15) is 32.3 Å². The highest BCUT2D eigenvalue weighted by atomic mass is 16.1. The first-order valence-corrected chi connectivity index (χ1v) is 5.57. The smallest absolute Gasteiger partial charge is 0.130 e. The third-order valence-electron chi connectivity index (χ3n) is 2.34. The number of ketones is 1. The van der Waals surface area contributed by atoms with Crippen molar-refractivity contribution in [2.75, 3.05) is 0 Å². The lowest BCUT2D eigenvalue weighted by Gasteiger charge is -1.96. The highest BCUT2D eigenvalue weighted by molar-refractivity contribution is 5.75. The summed E-state index contributed by atoms with van der Waals surface area (Å²) in [5.41, 5.74) is 2.43. The van der Waals surface area contributed by atoms with Crippen molar-refractivity contribution in [1.29, 1.82) is 0 Å². The van der Waals surface area contributed by atoms with Crippen molar-refractivity contribution in [1.82, 2.24) is 0 Å². The molecule has 1 aromatic rings. The summed E-state index contributed by atoms with van der Waals surface area (Å²) in [4.78, 5) is 10.8. The van der Waals surface area contributed by atoms with Crippen LogP contribution in [0.5, 0.6) is 0 Å². The summed E-state index contributed by atoms with van der Waals surface area (Å²) in [5.74, 6) is 0.250. The molecule has 0 aromatic heterocycles. The predicted octanol–water partition coefficient (Wildman–Crippen LogP) is 4.02. The molecule has 16 heavy (non-hydrogen) atoms. The summed E-state index contributed by atoms with van der Waals surface area (Å²) in [6.07, 6.45) is 7.66. The number of Topliss-reactive ketones (excluding diaryl/α,β-unsaturated/α-hetero) is 1. The van der Waals surface area contributed by atoms with Gasteiger partial charge in [-0.1, -0.05) is 54.1 Å². The third kappa shape index (κ3) is 5.30. The van der Waals surface area contributed by atoms with Crippen molar-refractivity contribution >= 4 is 11.9 Å². The molecule has 0 radical (unpaired) electrons. The van der Waals surface area contributed by atoms with Gasteiger partial charge in [0.05, 0.1) is 0 Å². The highest BCUT2D eigenvalue weighted by Crippen LogP contribution is 2.06. The Morgan fingerprint density at radius 2 is 1.81 bits per heavy atom. The van der Waals surface area contributed by atoms with Gasteiger partial charge in [-0.05, 0) is 25.8 Å². The van der Waals surface area contributed by atoms with E-state index in [0.29, 0.717) is 6.42 Å². The zero-order valence-corrected chi connectivity index (χ0v) is 9.94. The van der Waals surface area contributed by atoms with E-state index in [0.717, 1.165) is 6.42 Å². The average Bonchev–Trinajstić information content (AvgIpc) is 2.28. The second kappa shape index (κ2) is 6.78. The fraction of sp³-hybridized carbons (Fsp3) is 0.267. The van der Waals surface area contributed by atoms with Gasteiger partial charge in [-0.15, -0.1) is 0 Å². The maximum absolute atomic E-state index is 10.8. The van der Waals surface area contributed by atoms with Crippen molar-refractivity contribution in [3.63, 3.8) is 0 Å². The number of hydrogen-bond acceptors (Lipinski definition) is 1. The van der Waals surface area contributed by atoms with Crippen LogP contribution in [0, 0.1) is 0 Å². The lowest BCUT2D eigenvalue weighted by atomic mass is 10.1. The van der Waals surface area contributed by atoms with Gasteiger partial charge in [-0.2, -0.15) is 0 Å². The molecule has 84 valence electrons. The number of allylic oxidation sites excluding steroid dienone is 3. The first-order valence-electron chi connectivity index (χ1n) is 5.57. The van der Waals surface area contributed by atoms with Gasteiger partial charge >= 0.3 is 0 Å². The monoisotopic (exact) mass is 214 g/mol. The molecule has 0 amide bonds. The van der Waals surface area contributed by atoms with Crippen molar-refractivity contribution < 1.29 is 4.79 Å². The first-order chi connectivity index (χ1) is 7.68. The Kier molecular flexibility index (Phi) is 5.27. The molecule has 0 saturated heterocycles. The van der Waals surface area contributed by atoms with Gasteiger partial charge in [0.2, 0.25) is 0 Å². The fourth-order valence-corrected chi connectivity index (χ4v) is 1.34. The zero-order chi connectivity index (χ0) is 11.8. The second-order valence-electron chi connectivity index (χ2n) is 3.98. The van der Waals surface area contributed by atoms with Crippen molar-refractivity contribution in [2.24, 2.45) is 0 Å². The Labute approximate surface area is 97.5 Å². The van der Waals surface area contributed by atoms with E-state index in [1.165, 1.54) is 11.1 Å². The molecule has 1 aromatic carbocycles. The predicted molar refractivity (Wildman–Crippen MR) is 69.1 cm³/mol. The van der Waals surface area contributed by atoms with Crippen LogP contribution < -0.4 is 0 Å². The van der Waals surface area contributed by atoms with Crippen LogP contribution >= 0.6 is 0 Å². The lowest BCUT2D eigenvalue weighted by Crippen LogP contribution is -1.89. The van der Waals surface area contributed by atoms with Gasteiger partial charge in [0.1, 0.15) is 5.78 Å². The third-order valence-corrected chi connectivity index (χ3v) is 2.34. The molecule has 0 unspecified atom stereocenters. The van der Waals surface area contributed by atoms with E-state index in [4.69, 9.17) is 0 Å². The summed E-state index contributed by atoms with van der Waals surface area (Å²) < 4.78 is 0. The van der Waals surface area contributed by atoms with Crippen LogP contribution in [0.3, 0.4) is 0 Å². The summed E-state index contributed by atoms with van der Waals surface area (Å²) in [5, 5.41) is 0. The average molecular weight is 214 g/mol. The van der Waals surface area contributed by atoms with Crippen molar-refractivity contribution in [3.05, 3.63) is 53.6 Å². The first kappa shape index (κ1) is 12.4. The molecule has 0 heterocycles. The van der Waals surface area contributed by atoms with Gasteiger partial charge in [0.25, 0.3) is 0 Å². The molecule has 0 N–H and O–H groups in total. The molecular formula is C15H18O. The molecule has 0 aliphatic heterocycles. The minimum Gasteiger partial charge on any atom is -0.300 e. The van der Waals surface area contributed by atoms with Crippen molar-refractivity contribution in [3.8, 4) is 0 Å². The van der Waals surface area contributed by atoms with E-state index in [9.17, 15) is 4.79 Å². The highest BCUT2D eigenvalue weighted by Gasteiger charge is 1.93. The van der Waals surface area contributed by atoms with Gasteiger partial charge in [-0.25, -0.2) is 0 Å². The van der Waals surface area contributed by atoms with Crippen LogP contribution in [-0.4, -0.2) is 5.78 Å². The summed E-state index contributed by atoms with van der Waals surface area (Å²) in [7, 11) is 0. The SMILES string of the molecule is CC(=O)CC/C(C)=C/C=C/c1ccccc1. The molecule has 0 atom stereocenters. The Balaban J connectivity index is 2.46. The number of hydrogen-bond donors (Lipinski definition) is 0. The quantitative estimate of drug-likeness (QED) is 0.677. The summed E-state index contributed by atoms with van der Waals surface area (Å²) in [6, 6.07) is 10.2. The standard InChI is InChI=1S/C15H18O/c1-13(11-12-14(2)16)7-6-10-15-8-4-3-5-9-15/h3-10H,11-12H2,1-2H3/b10-6+,13-7+. The number of carbonyl (C=O) groups is 1. The topological polar surface area (TPSA) is 17.1 Å².